The van der Waals surface area contributed by atoms with Gasteiger partial charge in [0, 0.05) is 19.0 Å². The SMILES string of the molecule is CC(C)C(=O)N[C@H](C(=O)N1CC2[C@@H]([C@H]1C(=O)NC(CC1CC1)C(=O)C(=O)NCc1ccccc1)C2(C)C)C(C)C. The van der Waals surface area contributed by atoms with Crippen LogP contribution in [0.1, 0.15) is 66.4 Å². The Morgan fingerprint density at radius 3 is 2.20 bits per heavy atom. The van der Waals surface area contributed by atoms with Gasteiger partial charge >= 0.3 is 0 Å². The maximum Gasteiger partial charge on any atom is 0.289 e. The smallest absolute Gasteiger partial charge is 0.289 e. The Morgan fingerprint density at radius 2 is 1.62 bits per heavy atom. The van der Waals surface area contributed by atoms with Crippen LogP contribution < -0.4 is 16.0 Å². The zero-order chi connectivity index (χ0) is 29.4. The Labute approximate surface area is 237 Å². The lowest BCUT2D eigenvalue weighted by molar-refractivity contribution is -0.145. The lowest BCUT2D eigenvalue weighted by atomic mass is 9.96. The van der Waals surface area contributed by atoms with E-state index in [2.05, 4.69) is 29.8 Å². The van der Waals surface area contributed by atoms with Gasteiger partial charge in [-0.2, -0.15) is 0 Å². The third-order valence-electron chi connectivity index (χ3n) is 8.93. The summed E-state index contributed by atoms with van der Waals surface area (Å²) in [4.78, 5) is 67.7. The van der Waals surface area contributed by atoms with E-state index in [-0.39, 0.29) is 47.4 Å². The van der Waals surface area contributed by atoms with Crippen molar-refractivity contribution in [3.63, 3.8) is 0 Å². The van der Waals surface area contributed by atoms with Crippen LogP contribution in [-0.4, -0.2) is 59.0 Å². The Hall–Kier alpha value is -3.23. The molecule has 0 spiro atoms. The fraction of sp³-hybridized carbons (Fsp3) is 0.645. The largest absolute Gasteiger partial charge is 0.345 e. The monoisotopic (exact) mass is 552 g/mol. The maximum absolute atomic E-state index is 13.9. The summed E-state index contributed by atoms with van der Waals surface area (Å²) in [5.41, 5.74) is 0.758. The normalized spacial score (nSPS) is 24.2. The van der Waals surface area contributed by atoms with E-state index >= 15 is 0 Å². The van der Waals surface area contributed by atoms with Crippen LogP contribution in [-0.2, 0) is 30.5 Å². The molecule has 5 atom stereocenters. The molecule has 4 rings (SSSR count). The predicted octanol–water partition coefficient (Wildman–Crippen LogP) is 2.44. The first-order chi connectivity index (χ1) is 18.8. The number of ketones is 1. The first-order valence-corrected chi connectivity index (χ1v) is 14.6. The molecule has 0 radical (unpaired) electrons. The molecule has 0 aromatic heterocycles. The highest BCUT2D eigenvalue weighted by atomic mass is 16.2. The van der Waals surface area contributed by atoms with Gasteiger partial charge in [-0.25, -0.2) is 0 Å². The summed E-state index contributed by atoms with van der Waals surface area (Å²) in [6.45, 7) is 12.1. The predicted molar refractivity (Wildman–Crippen MR) is 150 cm³/mol. The van der Waals surface area contributed by atoms with Crippen molar-refractivity contribution in [1.82, 2.24) is 20.9 Å². The second-order valence-electron chi connectivity index (χ2n) is 13.0. The van der Waals surface area contributed by atoms with Gasteiger partial charge in [0.2, 0.25) is 23.5 Å². The minimum atomic E-state index is -0.949. The number of fused-ring (bicyclic) bond motifs is 1. The fourth-order valence-electron chi connectivity index (χ4n) is 6.02. The summed E-state index contributed by atoms with van der Waals surface area (Å²) < 4.78 is 0. The van der Waals surface area contributed by atoms with E-state index in [0.717, 1.165) is 18.4 Å². The van der Waals surface area contributed by atoms with Gasteiger partial charge < -0.3 is 20.9 Å². The number of nitrogens with one attached hydrogen (secondary N) is 3. The van der Waals surface area contributed by atoms with Gasteiger partial charge in [-0.05, 0) is 41.1 Å². The maximum atomic E-state index is 13.9. The number of likely N-dealkylation sites (tertiary alicyclic amines) is 1. The van der Waals surface area contributed by atoms with Crippen LogP contribution in [0.4, 0.5) is 0 Å². The van der Waals surface area contributed by atoms with E-state index in [1.807, 2.05) is 44.2 Å². The van der Waals surface area contributed by atoms with Gasteiger partial charge in [0.15, 0.2) is 0 Å². The number of hydrogen-bond donors (Lipinski definition) is 3. The molecule has 0 bridgehead atoms. The van der Waals surface area contributed by atoms with Gasteiger partial charge in [-0.15, -0.1) is 0 Å². The standard InChI is InChI=1S/C31H44N4O5/c1-17(2)24(34-27(37)18(3)4)30(40)35-16-21-23(31(21,5)6)25(35)28(38)33-22(14-19-12-13-19)26(36)29(39)32-15-20-10-8-7-9-11-20/h7-11,17-19,21-25H,12-16H2,1-6H3,(H,32,39)(H,33,38)(H,34,37)/t21?,22?,23-,24-,25-/m0/s1. The number of hydrogen-bond acceptors (Lipinski definition) is 5. The molecule has 1 aromatic rings. The van der Waals surface area contributed by atoms with Crippen LogP contribution in [0, 0.1) is 35.0 Å². The third kappa shape index (κ3) is 6.39. The van der Waals surface area contributed by atoms with Crippen molar-refractivity contribution in [2.75, 3.05) is 6.54 Å². The molecule has 3 aliphatic rings. The molecule has 9 nitrogen and oxygen atoms in total. The van der Waals surface area contributed by atoms with Gasteiger partial charge in [-0.3, -0.25) is 24.0 Å². The molecule has 9 heteroatoms. The zero-order valence-corrected chi connectivity index (χ0v) is 24.5. The number of piperidine rings is 1. The van der Waals surface area contributed by atoms with Crippen molar-refractivity contribution in [2.45, 2.75) is 85.5 Å². The van der Waals surface area contributed by atoms with E-state index in [4.69, 9.17) is 0 Å². The molecule has 2 saturated carbocycles. The first-order valence-electron chi connectivity index (χ1n) is 14.6. The molecular weight excluding hydrogens is 508 g/mol. The molecule has 1 aliphatic heterocycles. The Balaban J connectivity index is 1.49. The van der Waals surface area contributed by atoms with E-state index in [1.54, 1.807) is 18.7 Å². The number of amides is 4. The van der Waals surface area contributed by atoms with E-state index < -0.39 is 35.7 Å². The summed E-state index contributed by atoms with van der Waals surface area (Å²) in [5, 5.41) is 8.44. The number of carbonyl (C=O) groups excluding carboxylic acids is 5. The zero-order valence-electron chi connectivity index (χ0n) is 24.5. The second-order valence-corrected chi connectivity index (χ2v) is 13.0. The van der Waals surface area contributed by atoms with Crippen LogP contribution in [0.25, 0.3) is 0 Å². The lowest BCUT2D eigenvalue weighted by Crippen LogP contribution is -2.59. The van der Waals surface area contributed by atoms with Crippen LogP contribution in [0.5, 0.6) is 0 Å². The lowest BCUT2D eigenvalue weighted by Gasteiger charge is -2.35. The van der Waals surface area contributed by atoms with Crippen molar-refractivity contribution in [2.24, 2.45) is 35.0 Å². The molecule has 3 fully saturated rings. The average Bonchev–Trinajstić information content (AvgIpc) is 3.76. The van der Waals surface area contributed by atoms with Crippen LogP contribution in [0.15, 0.2) is 30.3 Å². The van der Waals surface area contributed by atoms with Crippen molar-refractivity contribution in [3.8, 4) is 0 Å². The average molecular weight is 553 g/mol. The number of nitrogens with zero attached hydrogens (tertiary/aromatic N) is 1. The molecule has 2 unspecified atom stereocenters. The minimum absolute atomic E-state index is 0.0475. The summed E-state index contributed by atoms with van der Waals surface area (Å²) >= 11 is 0. The van der Waals surface area contributed by atoms with Crippen molar-refractivity contribution < 1.29 is 24.0 Å². The Bertz CT molecular complexity index is 1140. The summed E-state index contributed by atoms with van der Waals surface area (Å²) in [6, 6.07) is 6.86. The van der Waals surface area contributed by atoms with Crippen LogP contribution >= 0.6 is 0 Å². The third-order valence-corrected chi connectivity index (χ3v) is 8.93. The van der Waals surface area contributed by atoms with E-state index in [1.165, 1.54) is 0 Å². The molecule has 3 N–H and O–H groups in total. The Kier molecular flexibility index (Phi) is 8.71. The van der Waals surface area contributed by atoms with Gasteiger partial charge in [0.25, 0.3) is 5.91 Å². The first kappa shape index (κ1) is 29.7. The summed E-state index contributed by atoms with van der Waals surface area (Å²) in [7, 11) is 0. The number of rotatable bonds is 12. The minimum Gasteiger partial charge on any atom is -0.345 e. The second kappa shape index (κ2) is 11.7. The number of carbonyl (C=O) groups is 5. The van der Waals surface area contributed by atoms with Gasteiger partial charge in [0.1, 0.15) is 12.1 Å². The quantitative estimate of drug-likeness (QED) is 0.344. The topological polar surface area (TPSA) is 125 Å². The molecule has 4 amide bonds. The Morgan fingerprint density at radius 1 is 0.975 bits per heavy atom. The highest BCUT2D eigenvalue weighted by Gasteiger charge is 2.69. The molecule has 1 saturated heterocycles. The molecular formula is C31H44N4O5. The summed E-state index contributed by atoms with van der Waals surface area (Å²) in [5.74, 6) is -2.33. The number of benzene rings is 1. The van der Waals surface area contributed by atoms with Crippen molar-refractivity contribution >= 4 is 29.4 Å². The highest BCUT2D eigenvalue weighted by molar-refractivity contribution is 6.38. The van der Waals surface area contributed by atoms with Crippen LogP contribution in [0.3, 0.4) is 0 Å². The molecule has 40 heavy (non-hydrogen) atoms. The van der Waals surface area contributed by atoms with Crippen LogP contribution in [0.2, 0.25) is 0 Å². The van der Waals surface area contributed by atoms with E-state index in [0.29, 0.717) is 18.9 Å². The van der Waals surface area contributed by atoms with Gasteiger partial charge in [0.05, 0.1) is 6.04 Å². The molecule has 1 aromatic carbocycles. The molecule has 2 aliphatic carbocycles. The molecule has 218 valence electrons. The van der Waals surface area contributed by atoms with Crippen molar-refractivity contribution in [1.29, 1.82) is 0 Å². The van der Waals surface area contributed by atoms with Gasteiger partial charge in [-0.1, -0.05) is 84.7 Å². The highest BCUT2D eigenvalue weighted by Crippen LogP contribution is 2.65. The fourth-order valence-corrected chi connectivity index (χ4v) is 6.02. The van der Waals surface area contributed by atoms with E-state index in [9.17, 15) is 24.0 Å². The summed E-state index contributed by atoms with van der Waals surface area (Å²) in [6.07, 6.45) is 2.33. The van der Waals surface area contributed by atoms with Crippen molar-refractivity contribution in [3.05, 3.63) is 35.9 Å². The molecule has 1 heterocycles. The number of Topliss-reactive ketones (excluding diaryl/α,β-unsaturated/α-hetero) is 1.